The number of nitro groups is 1. The van der Waals surface area contributed by atoms with E-state index < -0.39 is 4.92 Å². The normalized spacial score (nSPS) is 10.6. The molecule has 2 aromatic carbocycles. The van der Waals surface area contributed by atoms with Crippen molar-refractivity contribution >= 4 is 17.8 Å². The van der Waals surface area contributed by atoms with Gasteiger partial charge in [-0.05, 0) is 48.9 Å². The summed E-state index contributed by atoms with van der Waals surface area (Å²) in [7, 11) is 0. The van der Waals surface area contributed by atoms with Crippen LogP contribution in [-0.2, 0) is 0 Å². The van der Waals surface area contributed by atoms with Crippen molar-refractivity contribution in [3.8, 4) is 11.6 Å². The molecule has 0 atom stereocenters. The van der Waals surface area contributed by atoms with E-state index in [9.17, 15) is 14.9 Å². The summed E-state index contributed by atoms with van der Waals surface area (Å²) in [5.74, 6) is 0.476. The van der Waals surface area contributed by atoms with Crippen molar-refractivity contribution in [2.24, 2.45) is 5.10 Å². The van der Waals surface area contributed by atoms with Crippen LogP contribution in [0.4, 0.5) is 5.69 Å². The third kappa shape index (κ3) is 4.98. The lowest BCUT2D eigenvalue weighted by atomic mass is 10.1. The van der Waals surface area contributed by atoms with E-state index in [1.807, 2.05) is 19.1 Å². The number of ether oxygens (including phenoxy) is 1. The van der Waals surface area contributed by atoms with Crippen molar-refractivity contribution in [3.63, 3.8) is 0 Å². The van der Waals surface area contributed by atoms with Crippen molar-refractivity contribution in [1.29, 1.82) is 0 Å². The molecule has 1 N–H and O–H groups in total. The number of pyridine rings is 1. The molecule has 140 valence electrons. The predicted octanol–water partition coefficient (Wildman–Crippen LogP) is 3.85. The summed E-state index contributed by atoms with van der Waals surface area (Å²) in [6.45, 7) is 1.91. The molecule has 0 unspecified atom stereocenters. The Morgan fingerprint density at radius 3 is 2.61 bits per heavy atom. The molecule has 8 nitrogen and oxygen atoms in total. The first-order valence-electron chi connectivity index (χ1n) is 8.30. The molecule has 28 heavy (non-hydrogen) atoms. The molecule has 0 radical (unpaired) electrons. The predicted molar refractivity (Wildman–Crippen MR) is 104 cm³/mol. The third-order valence-corrected chi connectivity index (χ3v) is 3.69. The largest absolute Gasteiger partial charge is 0.439 e. The van der Waals surface area contributed by atoms with Crippen LogP contribution in [0.2, 0.25) is 0 Å². The molecule has 0 spiro atoms. The van der Waals surface area contributed by atoms with Gasteiger partial charge in [0.2, 0.25) is 5.88 Å². The minimum atomic E-state index is -0.525. The van der Waals surface area contributed by atoms with Gasteiger partial charge in [0.25, 0.3) is 11.6 Å². The van der Waals surface area contributed by atoms with E-state index in [0.717, 1.165) is 17.3 Å². The molecule has 1 aromatic heterocycles. The Morgan fingerprint density at radius 2 is 1.96 bits per heavy atom. The molecular weight excluding hydrogens is 360 g/mol. The van der Waals surface area contributed by atoms with E-state index in [1.54, 1.807) is 36.4 Å². The molecule has 1 amide bonds. The zero-order valence-corrected chi connectivity index (χ0v) is 14.9. The quantitative estimate of drug-likeness (QED) is 0.399. The number of hydrazone groups is 1. The van der Waals surface area contributed by atoms with E-state index in [0.29, 0.717) is 11.3 Å². The molecule has 0 aliphatic rings. The first-order valence-corrected chi connectivity index (χ1v) is 8.30. The number of rotatable bonds is 6. The Kier molecular flexibility index (Phi) is 5.71. The number of aryl methyl sites for hydroxylation is 1. The van der Waals surface area contributed by atoms with Gasteiger partial charge >= 0.3 is 0 Å². The maximum Gasteiger partial charge on any atom is 0.287 e. The highest BCUT2D eigenvalue weighted by Gasteiger charge is 2.06. The van der Waals surface area contributed by atoms with Gasteiger partial charge in [-0.2, -0.15) is 5.10 Å². The number of carbonyl (C=O) groups excluding carboxylic acids is 1. The van der Waals surface area contributed by atoms with E-state index >= 15 is 0 Å². The first kappa shape index (κ1) is 18.7. The van der Waals surface area contributed by atoms with Crippen molar-refractivity contribution in [2.45, 2.75) is 6.92 Å². The molecular formula is C20H16N4O4. The molecule has 0 saturated carbocycles. The fourth-order valence-corrected chi connectivity index (χ4v) is 2.30. The number of amides is 1. The SMILES string of the molecule is Cc1cccc(C(=O)N/N=C/c2ccc(Oc3ccc([N+](=O)[O-])cn3)cc2)c1. The maximum absolute atomic E-state index is 12.0. The third-order valence-electron chi connectivity index (χ3n) is 3.69. The van der Waals surface area contributed by atoms with Crippen molar-refractivity contribution in [2.75, 3.05) is 0 Å². The van der Waals surface area contributed by atoms with Gasteiger partial charge in [0.1, 0.15) is 11.9 Å². The van der Waals surface area contributed by atoms with Gasteiger partial charge in [0, 0.05) is 17.7 Å². The second-order valence-electron chi connectivity index (χ2n) is 5.85. The minimum absolute atomic E-state index is 0.105. The van der Waals surface area contributed by atoms with Crippen LogP contribution in [0, 0.1) is 17.0 Å². The van der Waals surface area contributed by atoms with Crippen LogP contribution in [0.25, 0.3) is 0 Å². The van der Waals surface area contributed by atoms with Gasteiger partial charge in [-0.3, -0.25) is 14.9 Å². The van der Waals surface area contributed by atoms with Gasteiger partial charge in [0.15, 0.2) is 0 Å². The number of nitrogens with zero attached hydrogens (tertiary/aromatic N) is 3. The summed E-state index contributed by atoms with van der Waals surface area (Å²) in [5.41, 5.74) is 4.66. The van der Waals surface area contributed by atoms with Crippen LogP contribution in [0.1, 0.15) is 21.5 Å². The molecule has 0 aliphatic carbocycles. The van der Waals surface area contributed by atoms with E-state index in [2.05, 4.69) is 15.5 Å². The Labute approximate surface area is 160 Å². The van der Waals surface area contributed by atoms with Gasteiger partial charge in [-0.15, -0.1) is 0 Å². The van der Waals surface area contributed by atoms with Crippen molar-refractivity contribution < 1.29 is 14.5 Å². The number of benzene rings is 2. The topological polar surface area (TPSA) is 107 Å². The molecule has 1 heterocycles. The van der Waals surface area contributed by atoms with Crippen LogP contribution in [0.15, 0.2) is 72.0 Å². The fourth-order valence-electron chi connectivity index (χ4n) is 2.30. The van der Waals surface area contributed by atoms with Crippen LogP contribution in [0.3, 0.4) is 0 Å². The summed E-state index contributed by atoms with van der Waals surface area (Å²) in [6.07, 6.45) is 2.65. The highest BCUT2D eigenvalue weighted by molar-refractivity contribution is 5.95. The average molecular weight is 376 g/mol. The number of aromatic nitrogens is 1. The first-order chi connectivity index (χ1) is 13.5. The summed E-state index contributed by atoms with van der Waals surface area (Å²) in [4.78, 5) is 26.0. The molecule has 0 bridgehead atoms. The second kappa shape index (κ2) is 8.54. The summed E-state index contributed by atoms with van der Waals surface area (Å²) in [5, 5.41) is 14.6. The minimum Gasteiger partial charge on any atom is -0.439 e. The number of hydrogen-bond acceptors (Lipinski definition) is 6. The monoisotopic (exact) mass is 376 g/mol. The van der Waals surface area contributed by atoms with Crippen LogP contribution in [-0.4, -0.2) is 22.0 Å². The fraction of sp³-hybridized carbons (Fsp3) is 0.0500. The molecule has 3 rings (SSSR count). The summed E-state index contributed by atoms with van der Waals surface area (Å²) in [6, 6.07) is 16.9. The second-order valence-corrected chi connectivity index (χ2v) is 5.85. The zero-order valence-electron chi connectivity index (χ0n) is 14.9. The number of carbonyl (C=O) groups is 1. The van der Waals surface area contributed by atoms with Crippen LogP contribution >= 0.6 is 0 Å². The zero-order chi connectivity index (χ0) is 19.9. The molecule has 8 heteroatoms. The average Bonchev–Trinajstić information content (AvgIpc) is 2.69. The van der Waals surface area contributed by atoms with Crippen molar-refractivity contribution in [3.05, 3.63) is 93.7 Å². The molecule has 0 aliphatic heterocycles. The Balaban J connectivity index is 1.57. The highest BCUT2D eigenvalue weighted by atomic mass is 16.6. The lowest BCUT2D eigenvalue weighted by Gasteiger charge is -2.04. The Bertz CT molecular complexity index is 1020. The van der Waals surface area contributed by atoms with Gasteiger partial charge in [-0.25, -0.2) is 10.4 Å². The van der Waals surface area contributed by atoms with Gasteiger partial charge in [0.05, 0.1) is 11.1 Å². The lowest BCUT2D eigenvalue weighted by molar-refractivity contribution is -0.385. The van der Waals surface area contributed by atoms with Crippen LogP contribution < -0.4 is 10.2 Å². The van der Waals surface area contributed by atoms with Gasteiger partial charge < -0.3 is 4.74 Å². The van der Waals surface area contributed by atoms with E-state index in [-0.39, 0.29) is 17.5 Å². The summed E-state index contributed by atoms with van der Waals surface area (Å²) >= 11 is 0. The van der Waals surface area contributed by atoms with E-state index in [4.69, 9.17) is 4.74 Å². The molecule has 0 fully saturated rings. The number of nitrogens with one attached hydrogen (secondary N) is 1. The highest BCUT2D eigenvalue weighted by Crippen LogP contribution is 2.21. The van der Waals surface area contributed by atoms with Gasteiger partial charge in [-0.1, -0.05) is 17.7 Å². The Hall–Kier alpha value is -4.07. The standard InChI is InChI=1S/C20H16N4O4/c1-14-3-2-4-16(11-14)20(25)23-22-12-15-5-8-18(9-6-15)28-19-10-7-17(13-21-19)24(26)27/h2-13H,1H3,(H,23,25)/b22-12+. The number of hydrogen-bond donors (Lipinski definition) is 1. The van der Waals surface area contributed by atoms with Crippen molar-refractivity contribution in [1.82, 2.24) is 10.4 Å². The summed E-state index contributed by atoms with van der Waals surface area (Å²) < 4.78 is 5.53. The van der Waals surface area contributed by atoms with Crippen LogP contribution in [0.5, 0.6) is 11.6 Å². The Morgan fingerprint density at radius 1 is 1.18 bits per heavy atom. The van der Waals surface area contributed by atoms with E-state index in [1.165, 1.54) is 18.3 Å². The lowest BCUT2D eigenvalue weighted by Crippen LogP contribution is -2.17. The molecule has 0 saturated heterocycles. The molecule has 3 aromatic rings. The maximum atomic E-state index is 12.0. The smallest absolute Gasteiger partial charge is 0.287 e.